The van der Waals surface area contributed by atoms with E-state index < -0.39 is 0 Å². The fraction of sp³-hybridized carbons (Fsp3) is 0.235. The molecule has 2 aromatic rings. The lowest BCUT2D eigenvalue weighted by molar-refractivity contribution is 0.102. The summed E-state index contributed by atoms with van der Waals surface area (Å²) in [5, 5.41) is 2.82. The molecule has 0 heterocycles. The SMILES string of the molecule is CC.CC.O=C(Nc1ccccc1)c1ccccc1.[HH]. The molecule has 2 rings (SSSR count). The Hall–Kier alpha value is -2.09. The van der Waals surface area contributed by atoms with E-state index in [4.69, 9.17) is 0 Å². The second kappa shape index (κ2) is 11.0. The van der Waals surface area contributed by atoms with Crippen molar-refractivity contribution in [3.63, 3.8) is 0 Å². The van der Waals surface area contributed by atoms with E-state index in [1.165, 1.54) is 0 Å². The standard InChI is InChI=1S/C13H11NO.2C2H6.H2/c15-13(11-7-3-1-4-8-11)14-12-9-5-2-6-10-12;2*1-2;/h1-10H,(H,14,15);2*1-2H3;1H. The number of carbonyl (C=O) groups is 1. The van der Waals surface area contributed by atoms with E-state index in [0.717, 1.165) is 5.69 Å². The van der Waals surface area contributed by atoms with Crippen LogP contribution in [-0.2, 0) is 0 Å². The smallest absolute Gasteiger partial charge is 0.255 e. The maximum absolute atomic E-state index is 11.7. The highest BCUT2D eigenvalue weighted by Gasteiger charge is 2.03. The molecule has 2 nitrogen and oxygen atoms in total. The van der Waals surface area contributed by atoms with Crippen LogP contribution in [0.2, 0.25) is 0 Å². The molecule has 0 unspecified atom stereocenters. The van der Waals surface area contributed by atoms with Crippen LogP contribution in [0.25, 0.3) is 0 Å². The van der Waals surface area contributed by atoms with Crippen molar-refractivity contribution in [1.82, 2.24) is 0 Å². The fourth-order valence-corrected chi connectivity index (χ4v) is 1.31. The highest BCUT2D eigenvalue weighted by Crippen LogP contribution is 2.07. The molecule has 0 saturated carbocycles. The van der Waals surface area contributed by atoms with Gasteiger partial charge in [-0.25, -0.2) is 0 Å². The quantitative estimate of drug-likeness (QED) is 0.785. The lowest BCUT2D eigenvalue weighted by Gasteiger charge is -2.03. The highest BCUT2D eigenvalue weighted by molar-refractivity contribution is 6.04. The second-order valence-electron chi connectivity index (χ2n) is 3.19. The summed E-state index contributed by atoms with van der Waals surface area (Å²) in [6.07, 6.45) is 0. The summed E-state index contributed by atoms with van der Waals surface area (Å²) in [5.41, 5.74) is 1.48. The Morgan fingerprint density at radius 2 is 1.21 bits per heavy atom. The van der Waals surface area contributed by atoms with Crippen molar-refractivity contribution in [3.8, 4) is 0 Å². The van der Waals surface area contributed by atoms with E-state index in [1.807, 2.05) is 76.2 Å². The third-order valence-corrected chi connectivity index (χ3v) is 2.07. The van der Waals surface area contributed by atoms with E-state index in [1.54, 1.807) is 12.1 Å². The largest absolute Gasteiger partial charge is 0.322 e. The van der Waals surface area contributed by atoms with Crippen LogP contribution in [0.5, 0.6) is 0 Å². The molecular weight excluding hydrogens is 234 g/mol. The summed E-state index contributed by atoms with van der Waals surface area (Å²) in [4.78, 5) is 11.7. The highest BCUT2D eigenvalue weighted by atomic mass is 16.1. The molecule has 2 heteroatoms. The zero-order valence-electron chi connectivity index (χ0n) is 12.2. The summed E-state index contributed by atoms with van der Waals surface area (Å²) in [6.45, 7) is 8.00. The van der Waals surface area contributed by atoms with Gasteiger partial charge in [-0.05, 0) is 24.3 Å². The molecule has 104 valence electrons. The molecule has 0 saturated heterocycles. The topological polar surface area (TPSA) is 29.1 Å². The van der Waals surface area contributed by atoms with Gasteiger partial charge < -0.3 is 5.32 Å². The molecule has 1 amide bonds. The molecule has 0 atom stereocenters. The van der Waals surface area contributed by atoms with Gasteiger partial charge in [0.05, 0.1) is 0 Å². The van der Waals surface area contributed by atoms with Crippen LogP contribution in [0.1, 0.15) is 39.5 Å². The number of carbonyl (C=O) groups excluding carboxylic acids is 1. The number of benzene rings is 2. The first-order chi connectivity index (χ1) is 9.36. The first-order valence-corrected chi connectivity index (χ1v) is 6.78. The summed E-state index contributed by atoms with van der Waals surface area (Å²) in [7, 11) is 0. The van der Waals surface area contributed by atoms with Crippen molar-refractivity contribution in [3.05, 3.63) is 66.2 Å². The van der Waals surface area contributed by atoms with Crippen molar-refractivity contribution < 1.29 is 6.22 Å². The minimum Gasteiger partial charge on any atom is -0.322 e. The van der Waals surface area contributed by atoms with Gasteiger partial charge in [-0.15, -0.1) is 0 Å². The van der Waals surface area contributed by atoms with Crippen LogP contribution < -0.4 is 5.32 Å². The van der Waals surface area contributed by atoms with Crippen molar-refractivity contribution in [2.24, 2.45) is 0 Å². The third kappa shape index (κ3) is 6.41. The van der Waals surface area contributed by atoms with Gasteiger partial charge >= 0.3 is 0 Å². The molecule has 0 fully saturated rings. The molecule has 2 aromatic carbocycles. The molecule has 0 aliphatic rings. The average molecular weight is 259 g/mol. The van der Waals surface area contributed by atoms with E-state index in [2.05, 4.69) is 5.32 Å². The van der Waals surface area contributed by atoms with Crippen molar-refractivity contribution in [2.75, 3.05) is 5.32 Å². The Kier molecular flexibility index (Phi) is 9.81. The zero-order chi connectivity index (χ0) is 14.5. The molecule has 0 bridgehead atoms. The van der Waals surface area contributed by atoms with E-state index in [9.17, 15) is 4.79 Å². The van der Waals surface area contributed by atoms with Crippen molar-refractivity contribution in [1.29, 1.82) is 0 Å². The molecule has 1 N–H and O–H groups in total. The number of para-hydroxylation sites is 1. The lowest BCUT2D eigenvalue weighted by Crippen LogP contribution is -2.11. The Morgan fingerprint density at radius 1 is 0.789 bits per heavy atom. The van der Waals surface area contributed by atoms with Gasteiger partial charge in [-0.3, -0.25) is 4.79 Å². The molecule has 0 aliphatic carbocycles. The molecular formula is C17H25NO. The first kappa shape index (κ1) is 16.9. The number of rotatable bonds is 2. The van der Waals surface area contributed by atoms with E-state index in [0.29, 0.717) is 5.56 Å². The van der Waals surface area contributed by atoms with Gasteiger partial charge in [0.15, 0.2) is 0 Å². The Morgan fingerprint density at radius 3 is 1.68 bits per heavy atom. The average Bonchev–Trinajstić information content (AvgIpc) is 2.53. The van der Waals surface area contributed by atoms with Crippen molar-refractivity contribution in [2.45, 2.75) is 27.7 Å². The number of anilines is 1. The first-order valence-electron chi connectivity index (χ1n) is 6.78. The molecule has 19 heavy (non-hydrogen) atoms. The molecule has 0 radical (unpaired) electrons. The summed E-state index contributed by atoms with van der Waals surface area (Å²) >= 11 is 0. The van der Waals surface area contributed by atoms with Crippen LogP contribution in [0, 0.1) is 0 Å². The molecule has 0 spiro atoms. The predicted octanol–water partition coefficient (Wildman–Crippen LogP) is 5.24. The van der Waals surface area contributed by atoms with Gasteiger partial charge in [0.1, 0.15) is 0 Å². The van der Waals surface area contributed by atoms with Crippen LogP contribution >= 0.6 is 0 Å². The normalized spacial score (nSPS) is 8.21. The second-order valence-corrected chi connectivity index (χ2v) is 3.19. The van der Waals surface area contributed by atoms with Gasteiger partial charge in [0, 0.05) is 12.7 Å². The molecule has 0 aromatic heterocycles. The summed E-state index contributed by atoms with van der Waals surface area (Å²) in [6, 6.07) is 18.6. The fourth-order valence-electron chi connectivity index (χ4n) is 1.31. The summed E-state index contributed by atoms with van der Waals surface area (Å²) in [5.74, 6) is -0.0817. The Labute approximate surface area is 118 Å². The van der Waals surface area contributed by atoms with E-state index >= 15 is 0 Å². The Balaban J connectivity index is 0. The van der Waals surface area contributed by atoms with E-state index in [-0.39, 0.29) is 7.33 Å². The maximum Gasteiger partial charge on any atom is 0.255 e. The van der Waals surface area contributed by atoms with Crippen LogP contribution in [0.4, 0.5) is 5.69 Å². The minimum absolute atomic E-state index is 0. The lowest BCUT2D eigenvalue weighted by atomic mass is 10.2. The zero-order valence-corrected chi connectivity index (χ0v) is 12.2. The van der Waals surface area contributed by atoms with Crippen molar-refractivity contribution >= 4 is 11.6 Å². The minimum atomic E-state index is -0.0817. The van der Waals surface area contributed by atoms with Gasteiger partial charge in [0.25, 0.3) is 5.91 Å². The van der Waals surface area contributed by atoms with Crippen LogP contribution in [-0.4, -0.2) is 5.91 Å². The number of amides is 1. The monoisotopic (exact) mass is 259 g/mol. The van der Waals surface area contributed by atoms with Crippen LogP contribution in [0.3, 0.4) is 0 Å². The number of nitrogens with one attached hydrogen (secondary N) is 1. The third-order valence-electron chi connectivity index (χ3n) is 2.07. The Bertz CT molecular complexity index is 443. The number of hydrogen-bond donors (Lipinski definition) is 1. The summed E-state index contributed by atoms with van der Waals surface area (Å²) < 4.78 is 0. The van der Waals surface area contributed by atoms with Crippen LogP contribution in [0.15, 0.2) is 60.7 Å². The number of hydrogen-bond acceptors (Lipinski definition) is 1. The van der Waals surface area contributed by atoms with Gasteiger partial charge in [0.2, 0.25) is 0 Å². The van der Waals surface area contributed by atoms with Gasteiger partial charge in [-0.2, -0.15) is 0 Å². The van der Waals surface area contributed by atoms with Gasteiger partial charge in [-0.1, -0.05) is 64.1 Å². The predicted molar refractivity (Wildman–Crippen MR) is 85.6 cm³/mol. The molecule has 0 aliphatic heterocycles. The maximum atomic E-state index is 11.7.